The van der Waals surface area contributed by atoms with Crippen LogP contribution in [0, 0.1) is 0 Å². The van der Waals surface area contributed by atoms with Crippen LogP contribution in [0.1, 0.15) is 25.3 Å². The Morgan fingerprint density at radius 2 is 1.81 bits per heavy atom. The van der Waals surface area contributed by atoms with Gasteiger partial charge in [-0.3, -0.25) is 14.4 Å². The molecule has 168 valence electrons. The number of nitrogens with zero attached hydrogens (tertiary/aromatic N) is 3. The van der Waals surface area contributed by atoms with E-state index in [4.69, 9.17) is 10.3 Å². The van der Waals surface area contributed by atoms with E-state index in [1.165, 1.54) is 0 Å². The van der Waals surface area contributed by atoms with E-state index in [2.05, 4.69) is 15.4 Å². The van der Waals surface area contributed by atoms with Crippen LogP contribution < -0.4 is 10.6 Å². The Balaban J connectivity index is 2.97. The molecule has 0 saturated heterocycles. The van der Waals surface area contributed by atoms with Gasteiger partial charge in [-0.1, -0.05) is 30.3 Å². The average Bonchev–Trinajstić information content (AvgIpc) is 2.71. The minimum atomic E-state index is -1.09. The van der Waals surface area contributed by atoms with Crippen LogP contribution in [0.2, 0.25) is 0 Å². The van der Waals surface area contributed by atoms with Crippen molar-refractivity contribution in [1.82, 2.24) is 15.5 Å². The summed E-state index contributed by atoms with van der Waals surface area (Å²) in [6.07, 6.45) is 0.768. The lowest BCUT2D eigenvalue weighted by molar-refractivity contribution is -0.148. The van der Waals surface area contributed by atoms with Gasteiger partial charge in [-0.05, 0) is 33.0 Å². The fraction of sp³-hybridized carbons (Fsp3) is 0.476. The lowest BCUT2D eigenvalue weighted by atomic mass is 10.0. The molecule has 2 atom stereocenters. The summed E-state index contributed by atoms with van der Waals surface area (Å²) in [4.78, 5) is 53.4. The smallest absolute Gasteiger partial charge is 0.328 e. The standard InChI is InChI=1S/C21H29N5O5/c1-4-31-21(30)17(11-10-16(27)13-23-22)25-20(29)18(24-19(28)14-26(2)3)12-15-8-6-5-7-9-15/h5-9,13,17-18H,4,10-12,14H2,1-3H3,(H,24,28)(H,25,29)/t17-,18-/m0/s1. The van der Waals surface area contributed by atoms with Gasteiger partial charge in [0.2, 0.25) is 17.6 Å². The molecule has 0 aliphatic carbocycles. The van der Waals surface area contributed by atoms with Crippen molar-refractivity contribution in [2.24, 2.45) is 0 Å². The summed E-state index contributed by atoms with van der Waals surface area (Å²) in [7, 11) is 3.46. The van der Waals surface area contributed by atoms with Crippen LogP contribution >= 0.6 is 0 Å². The molecule has 0 aliphatic rings. The number of rotatable bonds is 13. The zero-order valence-electron chi connectivity index (χ0n) is 18.0. The van der Waals surface area contributed by atoms with Crippen molar-refractivity contribution < 1.29 is 28.7 Å². The number of hydrogen-bond acceptors (Lipinski definition) is 6. The SMILES string of the molecule is CCOC(=O)[C@H](CCC(=O)C=[N+]=[N-])NC(=O)[C@H](Cc1ccccc1)NC(=O)CN(C)C. The van der Waals surface area contributed by atoms with Gasteiger partial charge in [0.25, 0.3) is 0 Å². The van der Waals surface area contributed by atoms with Gasteiger partial charge in [0, 0.05) is 12.8 Å². The predicted octanol–water partition coefficient (Wildman–Crippen LogP) is -0.0267. The summed E-state index contributed by atoms with van der Waals surface area (Å²) in [6.45, 7) is 1.82. The highest BCUT2D eigenvalue weighted by Crippen LogP contribution is 2.06. The molecule has 0 unspecified atom stereocenters. The minimum absolute atomic E-state index is 0.0425. The van der Waals surface area contributed by atoms with Gasteiger partial charge < -0.3 is 25.8 Å². The van der Waals surface area contributed by atoms with E-state index in [0.29, 0.717) is 0 Å². The highest BCUT2D eigenvalue weighted by atomic mass is 16.5. The number of amides is 2. The molecule has 1 aromatic rings. The fourth-order valence-corrected chi connectivity index (χ4v) is 2.77. The van der Waals surface area contributed by atoms with E-state index in [-0.39, 0.29) is 38.3 Å². The molecule has 0 aromatic heterocycles. The highest BCUT2D eigenvalue weighted by molar-refractivity contribution is 6.25. The topological polar surface area (TPSA) is 141 Å². The van der Waals surface area contributed by atoms with Crippen LogP contribution in [0.25, 0.3) is 5.53 Å². The molecule has 1 aromatic carbocycles. The average molecular weight is 431 g/mol. The largest absolute Gasteiger partial charge is 0.464 e. The number of ether oxygens (including phenoxy) is 1. The Labute approximate surface area is 181 Å². The molecule has 0 saturated carbocycles. The molecule has 2 amide bonds. The number of Topliss-reactive ketones (excluding diaryl/α,β-unsaturated/α-hetero) is 1. The Morgan fingerprint density at radius 3 is 2.39 bits per heavy atom. The summed E-state index contributed by atoms with van der Waals surface area (Å²) in [6, 6.07) is 7.12. The first kappa shape index (κ1) is 25.7. The molecule has 0 radical (unpaired) electrons. The van der Waals surface area contributed by atoms with E-state index in [1.54, 1.807) is 25.9 Å². The molecular weight excluding hydrogens is 402 g/mol. The molecule has 10 heteroatoms. The second kappa shape index (κ2) is 13.8. The third kappa shape index (κ3) is 10.3. The normalized spacial score (nSPS) is 12.3. The first-order valence-electron chi connectivity index (χ1n) is 9.92. The number of ketones is 1. The third-order valence-corrected chi connectivity index (χ3v) is 4.16. The zero-order valence-corrected chi connectivity index (χ0v) is 18.0. The van der Waals surface area contributed by atoms with Crippen LogP contribution in [0.15, 0.2) is 30.3 Å². The van der Waals surface area contributed by atoms with E-state index in [1.807, 2.05) is 30.3 Å². The van der Waals surface area contributed by atoms with E-state index >= 15 is 0 Å². The first-order chi connectivity index (χ1) is 14.8. The molecule has 10 nitrogen and oxygen atoms in total. The summed E-state index contributed by atoms with van der Waals surface area (Å²) >= 11 is 0. The first-order valence-corrected chi connectivity index (χ1v) is 9.92. The van der Waals surface area contributed by atoms with Crippen molar-refractivity contribution in [3.63, 3.8) is 0 Å². The number of esters is 1. The number of benzene rings is 1. The summed E-state index contributed by atoms with van der Waals surface area (Å²) in [5.41, 5.74) is 9.27. The summed E-state index contributed by atoms with van der Waals surface area (Å²) in [5, 5.41) is 5.27. The van der Waals surface area contributed by atoms with Crippen LogP contribution in [-0.2, 0) is 30.3 Å². The second-order valence-electron chi connectivity index (χ2n) is 7.11. The fourth-order valence-electron chi connectivity index (χ4n) is 2.77. The van der Waals surface area contributed by atoms with Crippen molar-refractivity contribution in [2.75, 3.05) is 27.2 Å². The number of hydrogen-bond donors (Lipinski definition) is 2. The van der Waals surface area contributed by atoms with Crippen LogP contribution in [0.4, 0.5) is 0 Å². The molecule has 0 bridgehead atoms. The van der Waals surface area contributed by atoms with Crippen molar-refractivity contribution >= 4 is 29.8 Å². The molecule has 1 rings (SSSR count). The maximum Gasteiger partial charge on any atom is 0.328 e. The predicted molar refractivity (Wildman–Crippen MR) is 113 cm³/mol. The summed E-state index contributed by atoms with van der Waals surface area (Å²) in [5.74, 6) is -2.12. The Bertz CT molecular complexity index is 806. The molecule has 0 heterocycles. The number of carbonyl (C=O) groups is 4. The maximum absolute atomic E-state index is 13.0. The number of nitrogens with one attached hydrogen (secondary N) is 2. The van der Waals surface area contributed by atoms with Crippen molar-refractivity contribution in [1.29, 1.82) is 0 Å². The van der Waals surface area contributed by atoms with Crippen LogP contribution in [0.3, 0.4) is 0 Å². The van der Waals surface area contributed by atoms with E-state index in [0.717, 1.165) is 11.8 Å². The molecule has 0 fully saturated rings. The van der Waals surface area contributed by atoms with Crippen molar-refractivity contribution in [3.05, 3.63) is 41.4 Å². The van der Waals surface area contributed by atoms with Crippen LogP contribution in [-0.4, -0.2) is 78.8 Å². The monoisotopic (exact) mass is 431 g/mol. The lowest BCUT2D eigenvalue weighted by Gasteiger charge is -2.23. The Kier molecular flexibility index (Phi) is 11.4. The lowest BCUT2D eigenvalue weighted by Crippen LogP contribution is -2.54. The Hall–Kier alpha value is -3.36. The van der Waals surface area contributed by atoms with Gasteiger partial charge in [-0.25, -0.2) is 4.79 Å². The van der Waals surface area contributed by atoms with Crippen molar-refractivity contribution in [2.45, 2.75) is 38.3 Å². The Morgan fingerprint density at radius 1 is 1.13 bits per heavy atom. The maximum atomic E-state index is 13.0. The third-order valence-electron chi connectivity index (χ3n) is 4.16. The zero-order chi connectivity index (χ0) is 23.2. The molecule has 31 heavy (non-hydrogen) atoms. The quantitative estimate of drug-likeness (QED) is 0.194. The second-order valence-corrected chi connectivity index (χ2v) is 7.11. The molecule has 2 N–H and O–H groups in total. The molecule has 0 aliphatic heterocycles. The van der Waals surface area contributed by atoms with Crippen molar-refractivity contribution in [3.8, 4) is 0 Å². The summed E-state index contributed by atoms with van der Waals surface area (Å²) < 4.78 is 4.99. The van der Waals surface area contributed by atoms with Gasteiger partial charge in [-0.2, -0.15) is 4.79 Å². The van der Waals surface area contributed by atoms with Gasteiger partial charge >= 0.3 is 12.2 Å². The molecular formula is C21H29N5O5. The van der Waals surface area contributed by atoms with Gasteiger partial charge in [0.05, 0.1) is 13.2 Å². The minimum Gasteiger partial charge on any atom is -0.464 e. The van der Waals surface area contributed by atoms with Gasteiger partial charge in [0.1, 0.15) is 12.1 Å². The van der Waals surface area contributed by atoms with E-state index in [9.17, 15) is 19.2 Å². The van der Waals surface area contributed by atoms with E-state index < -0.39 is 29.7 Å². The highest BCUT2D eigenvalue weighted by Gasteiger charge is 2.28. The number of likely N-dealkylation sites (N-methyl/N-ethyl adjacent to an activating group) is 1. The molecule has 0 spiro atoms. The van der Waals surface area contributed by atoms with Gasteiger partial charge in [0.15, 0.2) is 0 Å². The van der Waals surface area contributed by atoms with Crippen LogP contribution in [0.5, 0.6) is 0 Å². The van der Waals surface area contributed by atoms with Gasteiger partial charge in [-0.15, -0.1) is 0 Å². The number of carbonyl (C=O) groups excluding carboxylic acids is 4.